The van der Waals surface area contributed by atoms with Crippen molar-refractivity contribution in [1.82, 2.24) is 14.9 Å². The molecule has 0 fully saturated rings. The van der Waals surface area contributed by atoms with Crippen LogP contribution in [0.15, 0.2) is 260 Å². The first-order valence-electron chi connectivity index (χ1n) is 22.9. The number of nitrogens with one attached hydrogen (secondary N) is 1. The predicted octanol–water partition coefficient (Wildman–Crippen LogP) is 15.6. The molecule has 1 aliphatic rings. The zero-order valence-electron chi connectivity index (χ0n) is 36.7. The van der Waals surface area contributed by atoms with E-state index in [1.165, 1.54) is 21.8 Å². The van der Waals surface area contributed by atoms with Crippen LogP contribution in [0, 0.1) is 0 Å². The van der Waals surface area contributed by atoms with Crippen LogP contribution in [0.2, 0.25) is 0 Å². The number of rotatable bonds is 9. The highest BCUT2D eigenvalue weighted by atomic mass is 15.1. The zero-order chi connectivity index (χ0) is 44.5. The molecular formula is C63H44N4. The first kappa shape index (κ1) is 39.7. The minimum Gasteiger partial charge on any atom is -0.360 e. The topological polar surface area (TPSA) is 42.2 Å². The summed E-state index contributed by atoms with van der Waals surface area (Å²) in [4.78, 5) is 11.0. The van der Waals surface area contributed by atoms with Gasteiger partial charge >= 0.3 is 0 Å². The first-order valence-corrected chi connectivity index (χ1v) is 22.9. The molecule has 11 aromatic rings. The van der Waals surface area contributed by atoms with E-state index < -0.39 is 0 Å². The highest BCUT2D eigenvalue weighted by molar-refractivity contribution is 6.14. The van der Waals surface area contributed by atoms with Gasteiger partial charge in [0.1, 0.15) is 6.17 Å². The molecule has 1 aliphatic heterocycles. The third-order valence-electron chi connectivity index (χ3n) is 12.8. The van der Waals surface area contributed by atoms with Crippen molar-refractivity contribution in [2.45, 2.75) is 6.17 Å². The van der Waals surface area contributed by atoms with Gasteiger partial charge in [0, 0.05) is 50.0 Å². The number of aromatic nitrogens is 2. The summed E-state index contributed by atoms with van der Waals surface area (Å²) in [5, 5.41) is 6.31. The first-order chi connectivity index (χ1) is 33.2. The van der Waals surface area contributed by atoms with Crippen LogP contribution in [0.1, 0.15) is 22.9 Å². The highest BCUT2D eigenvalue weighted by Gasteiger charge is 2.26. The molecule has 2 aromatic heterocycles. The molecule has 1 N–H and O–H groups in total. The Bertz CT molecular complexity index is 3460. The molecule has 67 heavy (non-hydrogen) atoms. The van der Waals surface area contributed by atoms with Gasteiger partial charge in [0.25, 0.3) is 0 Å². The molecule has 12 rings (SSSR count). The van der Waals surface area contributed by atoms with Crippen LogP contribution in [-0.4, -0.2) is 15.3 Å². The van der Waals surface area contributed by atoms with Crippen LogP contribution in [0.25, 0.3) is 89.1 Å². The maximum atomic E-state index is 5.63. The van der Waals surface area contributed by atoms with E-state index in [2.05, 4.69) is 265 Å². The smallest absolute Gasteiger partial charge is 0.145 e. The Balaban J connectivity index is 1.03. The lowest BCUT2D eigenvalue weighted by Gasteiger charge is -2.25. The number of hydrogen-bond acceptors (Lipinski definition) is 3. The summed E-state index contributed by atoms with van der Waals surface area (Å²) in [6.07, 6.45) is 1.92. The normalized spacial score (nSPS) is 13.5. The van der Waals surface area contributed by atoms with Crippen molar-refractivity contribution in [2.24, 2.45) is 4.99 Å². The van der Waals surface area contributed by atoms with Crippen LogP contribution >= 0.6 is 0 Å². The predicted molar refractivity (Wildman–Crippen MR) is 279 cm³/mol. The van der Waals surface area contributed by atoms with Crippen LogP contribution in [0.3, 0.4) is 0 Å². The second kappa shape index (κ2) is 17.3. The van der Waals surface area contributed by atoms with Crippen molar-refractivity contribution in [3.8, 4) is 61.6 Å². The average Bonchev–Trinajstić information content (AvgIpc) is 3.76. The maximum absolute atomic E-state index is 5.63. The Morgan fingerprint density at radius 1 is 0.358 bits per heavy atom. The number of hydrogen-bond donors (Lipinski definition) is 1. The van der Waals surface area contributed by atoms with Crippen molar-refractivity contribution in [3.63, 3.8) is 0 Å². The van der Waals surface area contributed by atoms with Crippen molar-refractivity contribution < 1.29 is 0 Å². The molecule has 0 saturated heterocycles. The Kier molecular flexibility index (Phi) is 10.2. The summed E-state index contributed by atoms with van der Waals surface area (Å²) in [5.41, 5.74) is 19.2. The number of pyridine rings is 1. The van der Waals surface area contributed by atoms with E-state index in [-0.39, 0.29) is 6.17 Å². The van der Waals surface area contributed by atoms with Gasteiger partial charge in [-0.25, -0.2) is 4.98 Å². The summed E-state index contributed by atoms with van der Waals surface area (Å²) in [7, 11) is 0. The van der Waals surface area contributed by atoms with E-state index in [0.717, 1.165) is 89.7 Å². The fourth-order valence-electron chi connectivity index (χ4n) is 9.73. The molecule has 1 atom stereocenters. The molecular weight excluding hydrogens is 813 g/mol. The molecule has 0 radical (unpaired) electrons. The standard InChI is InChI=1S/C63H44N4/c1-6-21-44(22-7-1)59-58(60(45-23-8-2-9-24-45)62(48-27-12-4-13-28-48)66-61(59)47-25-10-3-11-26-47)46-39-37-43(38-40-46)54-42-55(65-63(64-54)49-29-14-5-15-30-49)50-31-20-32-51(41-50)67-56-35-18-16-33-52(56)53-34-17-19-36-57(53)67/h1-42,63,65H. The summed E-state index contributed by atoms with van der Waals surface area (Å²) >= 11 is 0. The van der Waals surface area contributed by atoms with Gasteiger partial charge in [-0.2, -0.15) is 0 Å². The van der Waals surface area contributed by atoms with E-state index in [0.29, 0.717) is 0 Å². The maximum Gasteiger partial charge on any atom is 0.145 e. The molecule has 4 nitrogen and oxygen atoms in total. The summed E-state index contributed by atoms with van der Waals surface area (Å²) < 4.78 is 2.37. The van der Waals surface area contributed by atoms with E-state index >= 15 is 0 Å². The molecule has 1 unspecified atom stereocenters. The van der Waals surface area contributed by atoms with Gasteiger partial charge in [-0.15, -0.1) is 0 Å². The summed E-state index contributed by atoms with van der Waals surface area (Å²) in [6, 6.07) is 88.3. The summed E-state index contributed by atoms with van der Waals surface area (Å²) in [6.45, 7) is 0. The molecule has 9 aromatic carbocycles. The number of benzene rings is 9. The molecule has 0 spiro atoms. The largest absolute Gasteiger partial charge is 0.360 e. The van der Waals surface area contributed by atoms with Crippen molar-refractivity contribution in [2.75, 3.05) is 0 Å². The van der Waals surface area contributed by atoms with Gasteiger partial charge in [-0.3, -0.25) is 4.99 Å². The molecule has 0 saturated carbocycles. The highest BCUT2D eigenvalue weighted by Crippen LogP contribution is 2.48. The quantitative estimate of drug-likeness (QED) is 0.157. The fraction of sp³-hybridized carbons (Fsp3) is 0.0159. The van der Waals surface area contributed by atoms with Gasteiger partial charge < -0.3 is 9.88 Å². The third-order valence-corrected chi connectivity index (χ3v) is 12.8. The number of para-hydroxylation sites is 2. The monoisotopic (exact) mass is 856 g/mol. The van der Waals surface area contributed by atoms with Crippen molar-refractivity contribution in [3.05, 3.63) is 271 Å². The Morgan fingerprint density at radius 2 is 0.791 bits per heavy atom. The summed E-state index contributed by atoms with van der Waals surface area (Å²) in [5.74, 6) is 0. The van der Waals surface area contributed by atoms with Gasteiger partial charge in [0.2, 0.25) is 0 Å². The van der Waals surface area contributed by atoms with E-state index in [1.54, 1.807) is 0 Å². The fourth-order valence-corrected chi connectivity index (χ4v) is 9.73. The van der Waals surface area contributed by atoms with Crippen LogP contribution in [0.5, 0.6) is 0 Å². The van der Waals surface area contributed by atoms with Crippen LogP contribution in [0.4, 0.5) is 0 Å². The van der Waals surface area contributed by atoms with E-state index in [9.17, 15) is 0 Å². The number of aliphatic imine (C=N–C) groups is 1. The zero-order valence-corrected chi connectivity index (χ0v) is 36.7. The van der Waals surface area contributed by atoms with Gasteiger partial charge in [0.15, 0.2) is 0 Å². The van der Waals surface area contributed by atoms with E-state index in [1.807, 2.05) is 0 Å². The lowest BCUT2D eigenvalue weighted by atomic mass is 9.83. The second-order valence-electron chi connectivity index (χ2n) is 16.9. The van der Waals surface area contributed by atoms with Gasteiger partial charge in [-0.05, 0) is 63.7 Å². The Labute approximate surface area is 390 Å². The molecule has 316 valence electrons. The minimum absolute atomic E-state index is 0.288. The number of nitrogens with zero attached hydrogens (tertiary/aromatic N) is 3. The van der Waals surface area contributed by atoms with Crippen molar-refractivity contribution in [1.29, 1.82) is 0 Å². The Morgan fingerprint density at radius 3 is 1.33 bits per heavy atom. The third kappa shape index (κ3) is 7.41. The number of allylic oxidation sites excluding steroid dienone is 1. The molecule has 0 bridgehead atoms. The second-order valence-corrected chi connectivity index (χ2v) is 16.9. The van der Waals surface area contributed by atoms with Crippen LogP contribution < -0.4 is 5.32 Å². The van der Waals surface area contributed by atoms with Crippen molar-refractivity contribution >= 4 is 33.2 Å². The SMILES string of the molecule is C1=C(c2cccc(-n3c4ccccc4c4ccccc43)c2)NC(c2ccccc2)N=C1c1ccc(-c2c(-c3ccccc3)c(-c3ccccc3)nc(-c3ccccc3)c2-c2ccccc2)cc1. The average molecular weight is 857 g/mol. The Hall–Kier alpha value is -8.86. The van der Waals surface area contributed by atoms with E-state index in [4.69, 9.17) is 9.98 Å². The van der Waals surface area contributed by atoms with Crippen LogP contribution in [-0.2, 0) is 0 Å². The minimum atomic E-state index is -0.288. The molecule has 4 heteroatoms. The molecule has 0 amide bonds. The molecule has 3 heterocycles. The lowest BCUT2D eigenvalue weighted by Crippen LogP contribution is -2.24. The molecule has 0 aliphatic carbocycles. The van der Waals surface area contributed by atoms with Gasteiger partial charge in [-0.1, -0.05) is 224 Å². The lowest BCUT2D eigenvalue weighted by molar-refractivity contribution is 0.664. The van der Waals surface area contributed by atoms with Gasteiger partial charge in [0.05, 0.1) is 28.1 Å². The number of fused-ring (bicyclic) bond motifs is 3.